The summed E-state index contributed by atoms with van der Waals surface area (Å²) in [5.41, 5.74) is 9.04. The van der Waals surface area contributed by atoms with Gasteiger partial charge in [-0.25, -0.2) is 0 Å². The van der Waals surface area contributed by atoms with Gasteiger partial charge in [0.25, 0.3) is 0 Å². The Morgan fingerprint density at radius 2 is 1.95 bits per heavy atom. The highest BCUT2D eigenvalue weighted by Gasteiger charge is 1.99. The van der Waals surface area contributed by atoms with E-state index in [-0.39, 0.29) is 0 Å². The minimum atomic E-state index is 0.405. The Bertz CT molecular complexity index is 608. The lowest BCUT2D eigenvalue weighted by atomic mass is 10.1. The first-order chi connectivity index (χ1) is 9.29. The van der Waals surface area contributed by atoms with Crippen LogP contribution in [0.2, 0.25) is 0 Å². The summed E-state index contributed by atoms with van der Waals surface area (Å²) in [5.74, 6) is 6.92. The molecule has 0 aliphatic rings. The predicted octanol–water partition coefficient (Wildman–Crippen LogP) is 3.60. The van der Waals surface area contributed by atoms with E-state index in [2.05, 4.69) is 55.2 Å². The highest BCUT2D eigenvalue weighted by molar-refractivity contribution is 7.98. The smallest absolute Gasteiger partial charge is 0.0555 e. The van der Waals surface area contributed by atoms with Gasteiger partial charge in [-0.15, -0.1) is 11.8 Å². The maximum absolute atomic E-state index is 5.39. The molecule has 2 aromatic rings. The molecule has 0 saturated carbocycles. The second-order valence-corrected chi connectivity index (χ2v) is 5.28. The summed E-state index contributed by atoms with van der Waals surface area (Å²) >= 11 is 1.86. The monoisotopic (exact) mass is 267 g/mol. The van der Waals surface area contributed by atoms with Gasteiger partial charge in [-0.2, -0.15) is 0 Å². The largest absolute Gasteiger partial charge is 0.320 e. The predicted molar refractivity (Wildman–Crippen MR) is 83.1 cm³/mol. The van der Waals surface area contributed by atoms with Crippen LogP contribution in [0, 0.1) is 18.8 Å². The van der Waals surface area contributed by atoms with Crippen molar-refractivity contribution in [3.63, 3.8) is 0 Å². The van der Waals surface area contributed by atoms with E-state index in [0.717, 1.165) is 11.3 Å². The van der Waals surface area contributed by atoms with E-state index < -0.39 is 0 Å². The molecule has 96 valence electrons. The third kappa shape index (κ3) is 4.17. The molecule has 0 bridgehead atoms. The number of rotatable bonds is 3. The summed E-state index contributed by atoms with van der Waals surface area (Å²) in [5, 5.41) is 0. The summed E-state index contributed by atoms with van der Waals surface area (Å²) in [6.45, 7) is 2.55. The second-order valence-electron chi connectivity index (χ2n) is 4.26. The fourth-order valence-electron chi connectivity index (χ4n) is 1.77. The number of hydrogen-bond donors (Lipinski definition) is 1. The van der Waals surface area contributed by atoms with Crippen molar-refractivity contribution in [1.82, 2.24) is 0 Å². The van der Waals surface area contributed by atoms with Crippen LogP contribution in [0.4, 0.5) is 0 Å². The summed E-state index contributed by atoms with van der Waals surface area (Å²) < 4.78 is 0. The number of aryl methyl sites for hydroxylation is 1. The minimum Gasteiger partial charge on any atom is -0.320 e. The van der Waals surface area contributed by atoms with Crippen LogP contribution >= 0.6 is 11.8 Å². The fraction of sp³-hybridized carbons (Fsp3) is 0.176. The lowest BCUT2D eigenvalue weighted by Gasteiger charge is -2.05. The van der Waals surface area contributed by atoms with Gasteiger partial charge >= 0.3 is 0 Å². The van der Waals surface area contributed by atoms with Gasteiger partial charge < -0.3 is 5.73 Å². The topological polar surface area (TPSA) is 26.0 Å². The quantitative estimate of drug-likeness (QED) is 0.679. The van der Waals surface area contributed by atoms with Gasteiger partial charge in [-0.05, 0) is 36.2 Å². The van der Waals surface area contributed by atoms with E-state index >= 15 is 0 Å². The molecular weight excluding hydrogens is 250 g/mol. The van der Waals surface area contributed by atoms with Crippen LogP contribution in [-0.2, 0) is 5.75 Å². The Labute approximate surface area is 119 Å². The van der Waals surface area contributed by atoms with Crippen LogP contribution in [0.15, 0.2) is 53.4 Å². The van der Waals surface area contributed by atoms with E-state index in [4.69, 9.17) is 5.73 Å². The maximum atomic E-state index is 5.39. The lowest BCUT2D eigenvalue weighted by molar-refractivity contribution is 1.29. The molecule has 0 radical (unpaired) electrons. The highest BCUT2D eigenvalue weighted by atomic mass is 32.2. The minimum absolute atomic E-state index is 0.405. The average molecular weight is 267 g/mol. The average Bonchev–Trinajstić information content (AvgIpc) is 2.45. The van der Waals surface area contributed by atoms with Crippen molar-refractivity contribution in [1.29, 1.82) is 0 Å². The second kappa shape index (κ2) is 7.04. The van der Waals surface area contributed by atoms with Gasteiger partial charge in [0.2, 0.25) is 0 Å². The molecule has 19 heavy (non-hydrogen) atoms. The molecule has 0 aromatic heterocycles. The molecule has 0 atom stereocenters. The Kier molecular flexibility index (Phi) is 5.09. The zero-order chi connectivity index (χ0) is 13.5. The first-order valence-corrected chi connectivity index (χ1v) is 7.24. The molecule has 0 aliphatic carbocycles. The molecule has 0 heterocycles. The molecule has 0 saturated heterocycles. The molecule has 2 aromatic carbocycles. The van der Waals surface area contributed by atoms with Crippen molar-refractivity contribution >= 4 is 11.8 Å². The van der Waals surface area contributed by atoms with Gasteiger partial charge in [-0.1, -0.05) is 42.2 Å². The van der Waals surface area contributed by atoms with Crippen molar-refractivity contribution in [2.24, 2.45) is 5.73 Å². The third-order valence-electron chi connectivity index (χ3n) is 2.75. The molecule has 0 amide bonds. The summed E-state index contributed by atoms with van der Waals surface area (Å²) in [6, 6.07) is 16.8. The number of benzene rings is 2. The van der Waals surface area contributed by atoms with Crippen molar-refractivity contribution in [2.45, 2.75) is 17.6 Å². The Hall–Kier alpha value is -1.69. The van der Waals surface area contributed by atoms with Crippen molar-refractivity contribution < 1.29 is 0 Å². The van der Waals surface area contributed by atoms with Gasteiger partial charge in [0.15, 0.2) is 0 Å². The van der Waals surface area contributed by atoms with Gasteiger partial charge in [0.05, 0.1) is 6.54 Å². The van der Waals surface area contributed by atoms with E-state index in [1.54, 1.807) is 0 Å². The number of hydrogen-bond acceptors (Lipinski definition) is 2. The van der Waals surface area contributed by atoms with Crippen LogP contribution in [-0.4, -0.2) is 6.54 Å². The molecule has 2 heteroatoms. The number of thioether (sulfide) groups is 1. The molecule has 2 rings (SSSR count). The summed E-state index contributed by atoms with van der Waals surface area (Å²) in [6.07, 6.45) is 0. The van der Waals surface area contributed by atoms with Gasteiger partial charge in [0, 0.05) is 16.2 Å². The van der Waals surface area contributed by atoms with E-state index in [9.17, 15) is 0 Å². The van der Waals surface area contributed by atoms with Crippen LogP contribution in [0.3, 0.4) is 0 Å². The van der Waals surface area contributed by atoms with Crippen LogP contribution in [0.5, 0.6) is 0 Å². The maximum Gasteiger partial charge on any atom is 0.0555 e. The highest BCUT2D eigenvalue weighted by Crippen LogP contribution is 2.25. The normalized spacial score (nSPS) is 9.79. The van der Waals surface area contributed by atoms with Crippen molar-refractivity contribution in [3.8, 4) is 11.8 Å². The molecule has 2 N–H and O–H groups in total. The fourth-order valence-corrected chi connectivity index (χ4v) is 2.74. The molecule has 0 fully saturated rings. The molecular formula is C17H17NS. The van der Waals surface area contributed by atoms with Crippen molar-refractivity contribution in [2.75, 3.05) is 6.54 Å². The summed E-state index contributed by atoms with van der Waals surface area (Å²) in [4.78, 5) is 1.33. The Balaban J connectivity index is 2.06. The lowest BCUT2D eigenvalue weighted by Crippen LogP contribution is -1.93. The Morgan fingerprint density at radius 1 is 1.11 bits per heavy atom. The molecule has 0 unspecified atom stereocenters. The van der Waals surface area contributed by atoms with E-state index in [0.29, 0.717) is 6.54 Å². The van der Waals surface area contributed by atoms with Gasteiger partial charge in [0.1, 0.15) is 0 Å². The van der Waals surface area contributed by atoms with Crippen LogP contribution in [0.1, 0.15) is 16.7 Å². The van der Waals surface area contributed by atoms with Crippen LogP contribution in [0.25, 0.3) is 0 Å². The first kappa shape index (κ1) is 13.7. The SMILES string of the molecule is Cc1ccccc1SCc1cccc(C#CCN)c1. The molecule has 1 nitrogen and oxygen atoms in total. The van der Waals surface area contributed by atoms with Crippen molar-refractivity contribution in [3.05, 3.63) is 65.2 Å². The zero-order valence-corrected chi connectivity index (χ0v) is 11.8. The standard InChI is InChI=1S/C17H17NS/c1-14-6-2-3-10-17(14)19-13-16-8-4-7-15(12-16)9-5-11-18/h2-4,6-8,10,12H,11,13,18H2,1H3. The van der Waals surface area contributed by atoms with E-state index in [1.165, 1.54) is 16.0 Å². The first-order valence-electron chi connectivity index (χ1n) is 6.26. The van der Waals surface area contributed by atoms with Gasteiger partial charge in [-0.3, -0.25) is 0 Å². The summed E-state index contributed by atoms with van der Waals surface area (Å²) in [7, 11) is 0. The Morgan fingerprint density at radius 3 is 2.74 bits per heavy atom. The molecule has 0 aliphatic heterocycles. The zero-order valence-electron chi connectivity index (χ0n) is 11.0. The number of nitrogens with two attached hydrogens (primary N) is 1. The third-order valence-corrected chi connectivity index (χ3v) is 4.00. The van der Waals surface area contributed by atoms with E-state index in [1.807, 2.05) is 23.9 Å². The van der Waals surface area contributed by atoms with Crippen LogP contribution < -0.4 is 5.73 Å². The molecule has 0 spiro atoms.